The van der Waals surface area contributed by atoms with Gasteiger partial charge < -0.3 is 14.7 Å². The first-order valence-electron chi connectivity index (χ1n) is 9.44. The van der Waals surface area contributed by atoms with E-state index in [0.29, 0.717) is 11.9 Å². The van der Waals surface area contributed by atoms with Crippen molar-refractivity contribution in [2.24, 2.45) is 0 Å². The largest absolute Gasteiger partial charge is 0.351 e. The Morgan fingerprint density at radius 1 is 1.00 bits per heavy atom. The summed E-state index contributed by atoms with van der Waals surface area (Å²) in [5.41, 5.74) is 2.74. The van der Waals surface area contributed by atoms with E-state index in [0.717, 1.165) is 18.8 Å². The number of para-hydroxylation sites is 1. The molecule has 0 aliphatic carbocycles. The third-order valence-corrected chi connectivity index (χ3v) is 4.60. The zero-order valence-electron chi connectivity index (χ0n) is 17.2. The van der Waals surface area contributed by atoms with Crippen LogP contribution >= 0.6 is 0 Å². The molecule has 2 aromatic rings. The third-order valence-electron chi connectivity index (χ3n) is 4.60. The predicted molar refractivity (Wildman–Crippen MR) is 110 cm³/mol. The van der Waals surface area contributed by atoms with Crippen LogP contribution in [0.3, 0.4) is 0 Å². The van der Waals surface area contributed by atoms with Gasteiger partial charge in [-0.15, -0.1) is 0 Å². The first kappa shape index (κ1) is 19.9. The van der Waals surface area contributed by atoms with Crippen LogP contribution in [-0.2, 0) is 6.42 Å². The standard InChI is InChI=1S/C18H26N6.C2H6/c1-13-19-17(22(3)4)21-18(20-13)23(5)14(2)24-12-8-10-15-9-6-7-11-16(15)24;1-2/h6-7,9,11,14H,8,10,12H2,1-5H3;1-2H3. The van der Waals surface area contributed by atoms with Gasteiger partial charge in [-0.2, -0.15) is 15.0 Å². The van der Waals surface area contributed by atoms with Crippen molar-refractivity contribution >= 4 is 17.6 Å². The van der Waals surface area contributed by atoms with Crippen molar-refractivity contribution in [3.8, 4) is 0 Å². The summed E-state index contributed by atoms with van der Waals surface area (Å²) in [6, 6.07) is 8.67. The topological polar surface area (TPSA) is 48.4 Å². The number of aryl methyl sites for hydroxylation is 2. The van der Waals surface area contributed by atoms with Crippen LogP contribution in [0.2, 0.25) is 0 Å². The van der Waals surface area contributed by atoms with Crippen LogP contribution in [-0.4, -0.2) is 48.8 Å². The number of benzene rings is 1. The molecule has 142 valence electrons. The average Bonchev–Trinajstić information content (AvgIpc) is 2.67. The van der Waals surface area contributed by atoms with Crippen LogP contribution in [0.1, 0.15) is 38.6 Å². The zero-order chi connectivity index (χ0) is 19.3. The molecule has 0 bridgehead atoms. The molecule has 1 unspecified atom stereocenters. The number of hydrogen-bond acceptors (Lipinski definition) is 6. The Kier molecular flexibility index (Phi) is 6.77. The minimum atomic E-state index is 0.170. The SMILES string of the molecule is CC.Cc1nc(N(C)C)nc(N(C)C(C)N2CCCc3ccccc32)n1. The quantitative estimate of drug-likeness (QED) is 0.835. The number of fused-ring (bicyclic) bond motifs is 1. The van der Waals surface area contributed by atoms with Crippen LogP contribution in [0, 0.1) is 6.92 Å². The maximum absolute atomic E-state index is 4.61. The minimum Gasteiger partial charge on any atom is -0.351 e. The van der Waals surface area contributed by atoms with Gasteiger partial charge in [-0.05, 0) is 38.3 Å². The molecule has 26 heavy (non-hydrogen) atoms. The van der Waals surface area contributed by atoms with Crippen molar-refractivity contribution in [2.45, 2.75) is 46.7 Å². The molecule has 0 fully saturated rings. The lowest BCUT2D eigenvalue weighted by Crippen LogP contribution is -2.48. The minimum absolute atomic E-state index is 0.170. The van der Waals surface area contributed by atoms with Gasteiger partial charge in [0.25, 0.3) is 0 Å². The highest BCUT2D eigenvalue weighted by molar-refractivity contribution is 5.57. The zero-order valence-corrected chi connectivity index (χ0v) is 17.2. The number of hydrogen-bond donors (Lipinski definition) is 0. The van der Waals surface area contributed by atoms with Gasteiger partial charge in [0, 0.05) is 33.4 Å². The van der Waals surface area contributed by atoms with E-state index in [9.17, 15) is 0 Å². The lowest BCUT2D eigenvalue weighted by atomic mass is 10.0. The number of nitrogens with zero attached hydrogens (tertiary/aromatic N) is 6. The van der Waals surface area contributed by atoms with E-state index in [1.54, 1.807) is 0 Å². The lowest BCUT2D eigenvalue weighted by Gasteiger charge is -2.40. The molecule has 0 spiro atoms. The summed E-state index contributed by atoms with van der Waals surface area (Å²) in [4.78, 5) is 20.0. The van der Waals surface area contributed by atoms with Crippen LogP contribution in [0.15, 0.2) is 24.3 Å². The van der Waals surface area contributed by atoms with E-state index in [-0.39, 0.29) is 6.17 Å². The number of anilines is 3. The summed E-state index contributed by atoms with van der Waals surface area (Å²) < 4.78 is 0. The molecule has 1 aliphatic rings. The maximum atomic E-state index is 4.61. The normalized spacial score (nSPS) is 14.0. The molecule has 0 amide bonds. The van der Waals surface area contributed by atoms with Gasteiger partial charge in [-0.3, -0.25) is 0 Å². The highest BCUT2D eigenvalue weighted by Crippen LogP contribution is 2.29. The van der Waals surface area contributed by atoms with Crippen molar-refractivity contribution in [2.75, 3.05) is 42.4 Å². The van der Waals surface area contributed by atoms with E-state index in [2.05, 4.69) is 63.0 Å². The molecule has 2 heterocycles. The molecule has 0 saturated carbocycles. The summed E-state index contributed by atoms with van der Waals surface area (Å²) in [6.45, 7) is 9.16. The van der Waals surface area contributed by atoms with E-state index in [1.807, 2.05) is 39.8 Å². The number of aromatic nitrogens is 3. The second kappa shape index (κ2) is 8.83. The Balaban J connectivity index is 0.00000117. The van der Waals surface area contributed by atoms with E-state index in [1.165, 1.54) is 17.7 Å². The summed E-state index contributed by atoms with van der Waals surface area (Å²) in [5.74, 6) is 2.14. The molecule has 3 rings (SSSR count). The average molecular weight is 357 g/mol. The van der Waals surface area contributed by atoms with Crippen LogP contribution in [0.25, 0.3) is 0 Å². The Morgan fingerprint density at radius 3 is 2.35 bits per heavy atom. The summed E-state index contributed by atoms with van der Waals surface area (Å²) >= 11 is 0. The van der Waals surface area contributed by atoms with Gasteiger partial charge in [0.1, 0.15) is 12.0 Å². The molecule has 1 aromatic heterocycles. The fourth-order valence-electron chi connectivity index (χ4n) is 3.14. The fraction of sp³-hybridized carbons (Fsp3) is 0.550. The Labute approximate surface area is 157 Å². The molecular formula is C20H32N6. The van der Waals surface area contributed by atoms with Crippen molar-refractivity contribution in [3.63, 3.8) is 0 Å². The van der Waals surface area contributed by atoms with Gasteiger partial charge in [0.15, 0.2) is 0 Å². The van der Waals surface area contributed by atoms with Crippen LogP contribution in [0.4, 0.5) is 17.6 Å². The Bertz CT molecular complexity index is 715. The monoisotopic (exact) mass is 356 g/mol. The Morgan fingerprint density at radius 2 is 1.65 bits per heavy atom. The van der Waals surface area contributed by atoms with Crippen LogP contribution < -0.4 is 14.7 Å². The third kappa shape index (κ3) is 4.23. The van der Waals surface area contributed by atoms with Gasteiger partial charge in [-0.25, -0.2) is 0 Å². The highest BCUT2D eigenvalue weighted by atomic mass is 15.4. The molecule has 1 aliphatic heterocycles. The Hall–Kier alpha value is -2.37. The summed E-state index contributed by atoms with van der Waals surface area (Å²) in [6.07, 6.45) is 2.50. The molecule has 6 nitrogen and oxygen atoms in total. The molecule has 0 N–H and O–H groups in total. The van der Waals surface area contributed by atoms with Gasteiger partial charge in [0.2, 0.25) is 11.9 Å². The molecule has 1 atom stereocenters. The first-order chi connectivity index (χ1) is 12.5. The lowest BCUT2D eigenvalue weighted by molar-refractivity contribution is 0.575. The van der Waals surface area contributed by atoms with Gasteiger partial charge >= 0.3 is 0 Å². The van der Waals surface area contributed by atoms with Crippen molar-refractivity contribution in [1.82, 2.24) is 15.0 Å². The van der Waals surface area contributed by atoms with E-state index >= 15 is 0 Å². The fourth-order valence-corrected chi connectivity index (χ4v) is 3.14. The molecular weight excluding hydrogens is 324 g/mol. The second-order valence-electron chi connectivity index (χ2n) is 6.55. The number of rotatable bonds is 4. The van der Waals surface area contributed by atoms with E-state index < -0.39 is 0 Å². The highest BCUT2D eigenvalue weighted by Gasteiger charge is 2.25. The smallest absolute Gasteiger partial charge is 0.231 e. The van der Waals surface area contributed by atoms with E-state index in [4.69, 9.17) is 0 Å². The predicted octanol–water partition coefficient (Wildman–Crippen LogP) is 3.51. The molecule has 0 saturated heterocycles. The van der Waals surface area contributed by atoms with Crippen LogP contribution in [0.5, 0.6) is 0 Å². The van der Waals surface area contributed by atoms with Gasteiger partial charge in [0.05, 0.1) is 0 Å². The molecule has 1 aromatic carbocycles. The van der Waals surface area contributed by atoms with Crippen molar-refractivity contribution in [3.05, 3.63) is 35.7 Å². The summed E-state index contributed by atoms with van der Waals surface area (Å²) in [7, 11) is 5.95. The maximum Gasteiger partial charge on any atom is 0.231 e. The van der Waals surface area contributed by atoms with Gasteiger partial charge in [-0.1, -0.05) is 32.0 Å². The summed E-state index contributed by atoms with van der Waals surface area (Å²) in [5, 5.41) is 0. The first-order valence-corrected chi connectivity index (χ1v) is 9.44. The molecule has 0 radical (unpaired) electrons. The van der Waals surface area contributed by atoms with Crippen molar-refractivity contribution in [1.29, 1.82) is 0 Å². The second-order valence-corrected chi connectivity index (χ2v) is 6.55. The molecule has 6 heteroatoms. The van der Waals surface area contributed by atoms with Crippen molar-refractivity contribution < 1.29 is 0 Å².